The Morgan fingerprint density at radius 3 is 2.42 bits per heavy atom. The van der Waals surface area contributed by atoms with E-state index in [1.165, 1.54) is 6.07 Å². The van der Waals surface area contributed by atoms with Crippen molar-refractivity contribution in [2.45, 2.75) is 0 Å². The first-order valence-electron chi connectivity index (χ1n) is 10.2. The highest BCUT2D eigenvalue weighted by molar-refractivity contribution is 5.92. The van der Waals surface area contributed by atoms with E-state index in [0.29, 0.717) is 63.9 Å². The third kappa shape index (κ3) is 3.51. The van der Waals surface area contributed by atoms with Crippen molar-refractivity contribution in [1.82, 2.24) is 0 Å². The van der Waals surface area contributed by atoms with Gasteiger partial charge in [-0.05, 0) is 54.1 Å². The van der Waals surface area contributed by atoms with Crippen molar-refractivity contribution in [1.29, 1.82) is 0 Å². The van der Waals surface area contributed by atoms with E-state index in [-0.39, 0.29) is 12.5 Å². The van der Waals surface area contributed by atoms with Crippen molar-refractivity contribution in [3.05, 3.63) is 76.6 Å². The smallest absolute Gasteiger partial charge is 0.344 e. The Labute approximate surface area is 186 Å². The topological polar surface area (TPSA) is 93.4 Å². The Morgan fingerprint density at radius 2 is 1.52 bits per heavy atom. The maximum atomic E-state index is 12.7. The Morgan fingerprint density at radius 1 is 0.758 bits per heavy atom. The van der Waals surface area contributed by atoms with Gasteiger partial charge < -0.3 is 28.1 Å². The molecule has 3 aromatic carbocycles. The third-order valence-electron chi connectivity index (χ3n) is 5.38. The van der Waals surface area contributed by atoms with E-state index in [1.807, 2.05) is 0 Å². The molecule has 8 nitrogen and oxygen atoms in total. The monoisotopic (exact) mass is 444 g/mol. The van der Waals surface area contributed by atoms with Crippen LogP contribution in [-0.2, 0) is 0 Å². The second-order valence-electron chi connectivity index (χ2n) is 7.46. The molecule has 2 aliphatic rings. The van der Waals surface area contributed by atoms with Crippen LogP contribution in [0.3, 0.4) is 0 Å². The zero-order chi connectivity index (χ0) is 22.4. The average molecular weight is 444 g/mol. The first kappa shape index (κ1) is 19.2. The molecular formula is C25H16O8. The molecule has 0 unspecified atom stereocenters. The second-order valence-corrected chi connectivity index (χ2v) is 7.46. The number of ether oxygens (including phenoxy) is 5. The molecule has 33 heavy (non-hydrogen) atoms. The van der Waals surface area contributed by atoms with Crippen LogP contribution in [0.25, 0.3) is 22.1 Å². The molecule has 4 aromatic rings. The number of esters is 1. The minimum atomic E-state index is -0.567. The largest absolute Gasteiger partial charge is 0.486 e. The maximum Gasteiger partial charge on any atom is 0.344 e. The molecule has 0 saturated carbocycles. The Balaban J connectivity index is 1.29. The van der Waals surface area contributed by atoms with Crippen LogP contribution in [0.5, 0.6) is 28.7 Å². The molecule has 8 heteroatoms. The van der Waals surface area contributed by atoms with Gasteiger partial charge in [-0.2, -0.15) is 0 Å². The van der Waals surface area contributed by atoms with E-state index in [2.05, 4.69) is 0 Å². The first-order valence-corrected chi connectivity index (χ1v) is 10.2. The molecule has 6 rings (SSSR count). The lowest BCUT2D eigenvalue weighted by molar-refractivity contribution is 0.0734. The van der Waals surface area contributed by atoms with Crippen LogP contribution in [0.15, 0.2) is 69.9 Å². The molecule has 164 valence electrons. The van der Waals surface area contributed by atoms with Gasteiger partial charge in [-0.1, -0.05) is 6.07 Å². The average Bonchev–Trinajstić information content (AvgIpc) is 3.31. The Bertz CT molecular complexity index is 1470. The lowest BCUT2D eigenvalue weighted by atomic mass is 10.1. The highest BCUT2D eigenvalue weighted by atomic mass is 16.7. The molecule has 3 heterocycles. The molecule has 0 radical (unpaired) electrons. The molecule has 0 saturated heterocycles. The van der Waals surface area contributed by atoms with Crippen molar-refractivity contribution < 1.29 is 32.9 Å². The summed E-state index contributed by atoms with van der Waals surface area (Å²) < 4.78 is 32.7. The van der Waals surface area contributed by atoms with Gasteiger partial charge in [0.2, 0.25) is 6.79 Å². The highest BCUT2D eigenvalue weighted by Crippen LogP contribution is 2.35. The Hall–Kier alpha value is -4.46. The van der Waals surface area contributed by atoms with E-state index >= 15 is 0 Å². The lowest BCUT2D eigenvalue weighted by Crippen LogP contribution is -2.15. The summed E-state index contributed by atoms with van der Waals surface area (Å²) >= 11 is 0. The van der Waals surface area contributed by atoms with E-state index in [1.54, 1.807) is 54.6 Å². The van der Waals surface area contributed by atoms with Crippen molar-refractivity contribution in [2.24, 2.45) is 0 Å². The minimum absolute atomic E-state index is 0.117. The van der Waals surface area contributed by atoms with E-state index in [4.69, 9.17) is 28.1 Å². The van der Waals surface area contributed by atoms with Gasteiger partial charge in [0.15, 0.2) is 23.0 Å². The third-order valence-corrected chi connectivity index (χ3v) is 5.38. The van der Waals surface area contributed by atoms with Gasteiger partial charge in [0, 0.05) is 11.5 Å². The molecular weight excluding hydrogens is 428 g/mol. The number of hydrogen-bond donors (Lipinski definition) is 0. The number of benzene rings is 3. The summed E-state index contributed by atoms with van der Waals surface area (Å²) in [6.45, 7) is 1.06. The van der Waals surface area contributed by atoms with Crippen molar-refractivity contribution in [3.8, 4) is 39.9 Å². The molecule has 0 fully saturated rings. The van der Waals surface area contributed by atoms with Gasteiger partial charge in [-0.15, -0.1) is 0 Å². The van der Waals surface area contributed by atoms with Crippen LogP contribution < -0.4 is 29.3 Å². The summed E-state index contributed by atoms with van der Waals surface area (Å²) in [6.07, 6.45) is 0. The van der Waals surface area contributed by atoms with Crippen molar-refractivity contribution in [3.63, 3.8) is 0 Å². The van der Waals surface area contributed by atoms with Crippen LogP contribution >= 0.6 is 0 Å². The molecule has 0 spiro atoms. The van der Waals surface area contributed by atoms with Crippen LogP contribution in [0, 0.1) is 0 Å². The van der Waals surface area contributed by atoms with Gasteiger partial charge in [-0.25, -0.2) is 9.59 Å². The molecule has 0 amide bonds. The number of hydrogen-bond acceptors (Lipinski definition) is 8. The quantitative estimate of drug-likeness (QED) is 0.264. The summed E-state index contributed by atoms with van der Waals surface area (Å²) in [5, 5.41) is 0.683. The molecule has 0 bridgehead atoms. The van der Waals surface area contributed by atoms with E-state index < -0.39 is 11.6 Å². The predicted molar refractivity (Wildman–Crippen MR) is 116 cm³/mol. The number of rotatable bonds is 3. The highest BCUT2D eigenvalue weighted by Gasteiger charge is 2.18. The number of carbonyl (C=O) groups excluding carboxylic acids is 1. The summed E-state index contributed by atoms with van der Waals surface area (Å²) in [5.74, 6) is 1.98. The fourth-order valence-corrected chi connectivity index (χ4v) is 3.76. The van der Waals surface area contributed by atoms with Gasteiger partial charge in [0.25, 0.3) is 0 Å². The summed E-state index contributed by atoms with van der Waals surface area (Å²) in [5.41, 5.74) is 1.16. The van der Waals surface area contributed by atoms with Gasteiger partial charge >= 0.3 is 11.6 Å². The summed E-state index contributed by atoms with van der Waals surface area (Å²) in [7, 11) is 0. The fourth-order valence-electron chi connectivity index (χ4n) is 3.76. The predicted octanol–water partition coefficient (Wildman–Crippen LogP) is 4.18. The molecule has 1 aromatic heterocycles. The van der Waals surface area contributed by atoms with Crippen LogP contribution in [0.2, 0.25) is 0 Å². The molecule has 0 N–H and O–H groups in total. The van der Waals surface area contributed by atoms with E-state index in [9.17, 15) is 9.59 Å². The van der Waals surface area contributed by atoms with E-state index in [0.717, 1.165) is 0 Å². The summed E-state index contributed by atoms with van der Waals surface area (Å²) in [6, 6.07) is 16.7. The Kier molecular flexibility index (Phi) is 4.43. The SMILES string of the molecule is O=C(Oc1ccc2cc(-c3ccc4c(c3)OCCO4)c(=O)oc2c1)c1ccc2c(c1)OCO2. The number of fused-ring (bicyclic) bond motifs is 3. The lowest BCUT2D eigenvalue weighted by Gasteiger charge is -2.18. The zero-order valence-electron chi connectivity index (χ0n) is 17.2. The summed E-state index contributed by atoms with van der Waals surface area (Å²) in [4.78, 5) is 25.2. The van der Waals surface area contributed by atoms with Gasteiger partial charge in [0.05, 0.1) is 11.1 Å². The molecule has 2 aliphatic heterocycles. The van der Waals surface area contributed by atoms with Crippen LogP contribution in [0.1, 0.15) is 10.4 Å². The maximum absolute atomic E-state index is 12.7. The van der Waals surface area contributed by atoms with Crippen LogP contribution in [0.4, 0.5) is 0 Å². The van der Waals surface area contributed by atoms with Crippen molar-refractivity contribution >= 4 is 16.9 Å². The second kappa shape index (κ2) is 7.59. The van der Waals surface area contributed by atoms with Gasteiger partial charge in [0.1, 0.15) is 24.5 Å². The zero-order valence-corrected chi connectivity index (χ0v) is 17.2. The van der Waals surface area contributed by atoms with Gasteiger partial charge in [-0.3, -0.25) is 0 Å². The minimum Gasteiger partial charge on any atom is -0.486 e. The van der Waals surface area contributed by atoms with Crippen molar-refractivity contribution in [2.75, 3.05) is 20.0 Å². The fraction of sp³-hybridized carbons (Fsp3) is 0.120. The number of carbonyl (C=O) groups is 1. The standard InChI is InChI=1S/C25H16O8/c26-24(16-3-6-20-23(11-16)31-13-30-20)32-17-4-1-15-9-18(25(27)33-21(15)12-17)14-2-5-19-22(10-14)29-8-7-28-19/h1-6,9-12H,7-8,13H2. The molecule has 0 aliphatic carbocycles. The first-order chi connectivity index (χ1) is 16.1. The molecule has 0 atom stereocenters. The normalized spacial score (nSPS) is 13.7. The van der Waals surface area contributed by atoms with Crippen LogP contribution in [-0.4, -0.2) is 26.0 Å².